The van der Waals surface area contributed by atoms with Crippen LogP contribution in [0.3, 0.4) is 0 Å². The Hall–Kier alpha value is -0.500. The van der Waals surface area contributed by atoms with E-state index >= 15 is 0 Å². The molecule has 1 rings (SSSR count). The monoisotopic (exact) mass is 145 g/mol. The molecule has 0 aliphatic rings. The predicted octanol–water partition coefficient (Wildman–Crippen LogP) is 1.98. The van der Waals surface area contributed by atoms with Gasteiger partial charge in [-0.05, 0) is 0 Å². The van der Waals surface area contributed by atoms with Gasteiger partial charge in [-0.3, -0.25) is 0 Å². The number of aryl methyl sites for hydroxylation is 1. The molecule has 0 unspecified atom stereocenters. The smallest absolute Gasteiger partial charge is 0.140 e. The topological polar surface area (TPSA) is 26.0 Å². The van der Waals surface area contributed by atoms with Crippen LogP contribution in [0.4, 0.5) is 0 Å². The number of hydrogen-bond donors (Lipinski definition) is 0. The summed E-state index contributed by atoms with van der Waals surface area (Å²) in [4.78, 5) is 0. The van der Waals surface area contributed by atoms with E-state index in [0.717, 1.165) is 17.7 Å². The summed E-state index contributed by atoms with van der Waals surface area (Å²) in [5.41, 5.74) is 0.999. The fourth-order valence-electron chi connectivity index (χ4n) is 0.685. The third-order valence-electron chi connectivity index (χ3n) is 1.19. The van der Waals surface area contributed by atoms with Crippen LogP contribution >= 0.6 is 11.6 Å². The molecular formula is C6H8ClNO. The summed E-state index contributed by atoms with van der Waals surface area (Å²) in [5, 5.41) is 3.60. The van der Waals surface area contributed by atoms with Crippen LogP contribution in [0.1, 0.15) is 18.2 Å². The lowest BCUT2D eigenvalue weighted by molar-refractivity contribution is 0.385. The lowest BCUT2D eigenvalue weighted by atomic mass is 10.2. The first kappa shape index (κ1) is 6.62. The summed E-state index contributed by atoms with van der Waals surface area (Å²) in [5.74, 6) is 1.39. The molecule has 0 radical (unpaired) electrons. The van der Waals surface area contributed by atoms with E-state index in [0.29, 0.717) is 5.88 Å². The van der Waals surface area contributed by atoms with E-state index in [-0.39, 0.29) is 0 Å². The molecule has 9 heavy (non-hydrogen) atoms. The molecule has 0 bridgehead atoms. The molecule has 1 aromatic rings. The number of rotatable bonds is 2. The highest BCUT2D eigenvalue weighted by molar-refractivity contribution is 6.17. The lowest BCUT2D eigenvalue weighted by Crippen LogP contribution is -1.80. The van der Waals surface area contributed by atoms with E-state index in [1.54, 1.807) is 6.20 Å². The Morgan fingerprint density at radius 3 is 3.00 bits per heavy atom. The van der Waals surface area contributed by atoms with Crippen LogP contribution in [-0.2, 0) is 12.3 Å². The summed E-state index contributed by atoms with van der Waals surface area (Å²) in [7, 11) is 0. The Labute approximate surface area is 58.8 Å². The molecular weight excluding hydrogens is 138 g/mol. The van der Waals surface area contributed by atoms with Gasteiger partial charge in [-0.2, -0.15) is 0 Å². The minimum atomic E-state index is 0.493. The van der Waals surface area contributed by atoms with Crippen LogP contribution in [0.25, 0.3) is 0 Å². The molecule has 0 aliphatic heterocycles. The minimum Gasteiger partial charge on any atom is -0.361 e. The summed E-state index contributed by atoms with van der Waals surface area (Å²) in [6, 6.07) is 0. The Balaban J connectivity index is 2.85. The fourth-order valence-corrected chi connectivity index (χ4v) is 0.903. The van der Waals surface area contributed by atoms with E-state index < -0.39 is 0 Å². The first-order valence-corrected chi connectivity index (χ1v) is 3.40. The second kappa shape index (κ2) is 2.87. The first-order valence-electron chi connectivity index (χ1n) is 2.87. The third kappa shape index (κ3) is 1.24. The van der Waals surface area contributed by atoms with Gasteiger partial charge in [-0.25, -0.2) is 0 Å². The van der Waals surface area contributed by atoms with Gasteiger partial charge in [0.25, 0.3) is 0 Å². The fraction of sp³-hybridized carbons (Fsp3) is 0.500. The minimum absolute atomic E-state index is 0.493. The molecule has 0 saturated carbocycles. The average molecular weight is 146 g/mol. The highest BCUT2D eigenvalue weighted by Gasteiger charge is 2.02. The maximum Gasteiger partial charge on any atom is 0.140 e. The molecule has 3 heteroatoms. The van der Waals surface area contributed by atoms with Gasteiger partial charge in [0, 0.05) is 12.0 Å². The molecule has 2 nitrogen and oxygen atoms in total. The zero-order valence-corrected chi connectivity index (χ0v) is 5.98. The van der Waals surface area contributed by atoms with Gasteiger partial charge in [-0.1, -0.05) is 12.1 Å². The van der Waals surface area contributed by atoms with Crippen molar-refractivity contribution in [3.8, 4) is 0 Å². The van der Waals surface area contributed by atoms with Crippen molar-refractivity contribution in [3.05, 3.63) is 17.5 Å². The number of hydrogen-bond acceptors (Lipinski definition) is 2. The van der Waals surface area contributed by atoms with Crippen molar-refractivity contribution in [3.63, 3.8) is 0 Å². The van der Waals surface area contributed by atoms with Crippen LogP contribution in [0.5, 0.6) is 0 Å². The van der Waals surface area contributed by atoms with Gasteiger partial charge in [0.2, 0.25) is 0 Å². The van der Waals surface area contributed by atoms with Crippen LogP contribution in [-0.4, -0.2) is 5.16 Å². The Morgan fingerprint density at radius 2 is 2.56 bits per heavy atom. The molecule has 0 atom stereocenters. The molecule has 0 amide bonds. The van der Waals surface area contributed by atoms with Crippen molar-refractivity contribution in [1.29, 1.82) is 0 Å². The SMILES string of the molecule is CCc1oncc1CCl. The molecule has 0 fully saturated rings. The first-order chi connectivity index (χ1) is 4.38. The van der Waals surface area contributed by atoms with Crippen molar-refractivity contribution in [2.24, 2.45) is 0 Å². The lowest BCUT2D eigenvalue weighted by Gasteiger charge is -1.87. The molecule has 0 N–H and O–H groups in total. The van der Waals surface area contributed by atoms with E-state index in [2.05, 4.69) is 5.16 Å². The van der Waals surface area contributed by atoms with Gasteiger partial charge in [-0.15, -0.1) is 11.6 Å². The highest BCUT2D eigenvalue weighted by atomic mass is 35.5. The number of alkyl halides is 1. The van der Waals surface area contributed by atoms with E-state index in [9.17, 15) is 0 Å². The predicted molar refractivity (Wildman–Crippen MR) is 35.4 cm³/mol. The Kier molecular flexibility index (Phi) is 2.11. The molecule has 1 aromatic heterocycles. The van der Waals surface area contributed by atoms with Crippen molar-refractivity contribution in [2.45, 2.75) is 19.2 Å². The van der Waals surface area contributed by atoms with E-state index in [1.807, 2.05) is 6.92 Å². The quantitative estimate of drug-likeness (QED) is 0.595. The summed E-state index contributed by atoms with van der Waals surface area (Å²) >= 11 is 5.55. The summed E-state index contributed by atoms with van der Waals surface area (Å²) in [6.07, 6.45) is 2.52. The Bertz CT molecular complexity index is 166. The Morgan fingerprint density at radius 1 is 1.78 bits per heavy atom. The highest BCUT2D eigenvalue weighted by Crippen LogP contribution is 2.10. The zero-order chi connectivity index (χ0) is 6.69. The number of nitrogens with zero attached hydrogens (tertiary/aromatic N) is 1. The van der Waals surface area contributed by atoms with Gasteiger partial charge in [0.05, 0.1) is 12.1 Å². The normalized spacial score (nSPS) is 10.0. The second-order valence-electron chi connectivity index (χ2n) is 1.76. The molecule has 0 spiro atoms. The maximum absolute atomic E-state index is 5.55. The summed E-state index contributed by atoms with van der Waals surface area (Å²) in [6.45, 7) is 2.01. The van der Waals surface area contributed by atoms with Gasteiger partial charge >= 0.3 is 0 Å². The molecule has 50 valence electrons. The molecule has 0 aromatic carbocycles. The maximum atomic E-state index is 5.55. The largest absolute Gasteiger partial charge is 0.361 e. The van der Waals surface area contributed by atoms with Crippen LogP contribution < -0.4 is 0 Å². The van der Waals surface area contributed by atoms with Crippen molar-refractivity contribution >= 4 is 11.6 Å². The van der Waals surface area contributed by atoms with Crippen molar-refractivity contribution in [2.75, 3.05) is 0 Å². The van der Waals surface area contributed by atoms with E-state index in [1.165, 1.54) is 0 Å². The molecule has 1 heterocycles. The summed E-state index contributed by atoms with van der Waals surface area (Å²) < 4.78 is 4.87. The zero-order valence-electron chi connectivity index (χ0n) is 5.22. The van der Waals surface area contributed by atoms with Crippen LogP contribution in [0.15, 0.2) is 10.7 Å². The van der Waals surface area contributed by atoms with Crippen LogP contribution in [0, 0.1) is 0 Å². The standard InChI is InChI=1S/C6H8ClNO/c1-2-6-5(3-7)4-8-9-6/h4H,2-3H2,1H3. The van der Waals surface area contributed by atoms with E-state index in [4.69, 9.17) is 16.1 Å². The van der Waals surface area contributed by atoms with Gasteiger partial charge < -0.3 is 4.52 Å². The van der Waals surface area contributed by atoms with Crippen molar-refractivity contribution < 1.29 is 4.52 Å². The third-order valence-corrected chi connectivity index (χ3v) is 1.48. The molecule has 0 saturated heterocycles. The van der Waals surface area contributed by atoms with Gasteiger partial charge in [0.1, 0.15) is 5.76 Å². The van der Waals surface area contributed by atoms with Crippen LogP contribution in [0.2, 0.25) is 0 Å². The average Bonchev–Trinajstić information content (AvgIpc) is 2.33. The van der Waals surface area contributed by atoms with Crippen molar-refractivity contribution in [1.82, 2.24) is 5.16 Å². The second-order valence-corrected chi connectivity index (χ2v) is 2.03. The molecule has 0 aliphatic carbocycles. The number of aromatic nitrogens is 1. The van der Waals surface area contributed by atoms with Gasteiger partial charge in [0.15, 0.2) is 0 Å². The number of halogens is 1.